The Balaban J connectivity index is 1.51. The molecule has 4 atom stereocenters. The van der Waals surface area contributed by atoms with Gasteiger partial charge in [-0.1, -0.05) is 121 Å². The van der Waals surface area contributed by atoms with E-state index in [2.05, 4.69) is 0 Å². The molecule has 9 rings (SSSR count). The van der Waals surface area contributed by atoms with Crippen LogP contribution in [0.25, 0.3) is 0 Å². The van der Waals surface area contributed by atoms with E-state index in [1.807, 2.05) is 146 Å². The quantitative estimate of drug-likeness (QED) is 0.119. The lowest BCUT2D eigenvalue weighted by Gasteiger charge is -2.30. The molecule has 8 heteroatoms. The van der Waals surface area contributed by atoms with Crippen molar-refractivity contribution in [2.75, 3.05) is 28.4 Å². The first-order valence-corrected chi connectivity index (χ1v) is 21.1. The number of benzene rings is 8. The number of methoxy groups -OCH3 is 4. The Morgan fingerprint density at radius 3 is 0.625 bits per heavy atom. The highest BCUT2D eigenvalue weighted by Crippen LogP contribution is 2.54. The fraction of sp³-hybridized carbons (Fsp3) is 0.143. The van der Waals surface area contributed by atoms with Crippen molar-refractivity contribution in [1.82, 2.24) is 0 Å². The number of rotatable bonds is 8. The summed E-state index contributed by atoms with van der Waals surface area (Å²) in [6.45, 7) is 0. The summed E-state index contributed by atoms with van der Waals surface area (Å²) in [5.74, 6) is -1.08. The smallest absolute Gasteiger partial charge is 0.126 e. The largest absolute Gasteiger partial charge is 0.507 e. The third kappa shape index (κ3) is 7.36. The molecule has 0 saturated heterocycles. The summed E-state index contributed by atoms with van der Waals surface area (Å²) in [4.78, 5) is 0. The second kappa shape index (κ2) is 17.5. The minimum atomic E-state index is -0.652. The minimum absolute atomic E-state index is 0.0210. The van der Waals surface area contributed by atoms with E-state index < -0.39 is 23.7 Å². The molecule has 8 bridgehead atoms. The van der Waals surface area contributed by atoms with Crippen LogP contribution >= 0.6 is 0 Å². The summed E-state index contributed by atoms with van der Waals surface area (Å²) < 4.78 is 24.5. The highest BCUT2D eigenvalue weighted by Gasteiger charge is 2.35. The predicted molar refractivity (Wildman–Crippen MR) is 248 cm³/mol. The molecule has 1 aliphatic carbocycles. The molecule has 320 valence electrons. The van der Waals surface area contributed by atoms with Crippen LogP contribution in [0.1, 0.15) is 90.4 Å². The van der Waals surface area contributed by atoms with Crippen LogP contribution in [0, 0.1) is 0 Å². The second-order valence-electron chi connectivity index (χ2n) is 16.0. The van der Waals surface area contributed by atoms with E-state index in [1.54, 1.807) is 52.7 Å². The van der Waals surface area contributed by atoms with Crippen LogP contribution in [0.4, 0.5) is 0 Å². The fourth-order valence-electron chi connectivity index (χ4n) is 9.64. The fourth-order valence-corrected chi connectivity index (χ4v) is 9.64. The molecule has 0 aliphatic heterocycles. The van der Waals surface area contributed by atoms with Crippen LogP contribution < -0.4 is 18.9 Å². The first-order valence-electron chi connectivity index (χ1n) is 21.1. The molecule has 8 aromatic rings. The summed E-state index contributed by atoms with van der Waals surface area (Å²) in [6, 6.07) is 53.7. The molecule has 0 fully saturated rings. The van der Waals surface area contributed by atoms with Crippen molar-refractivity contribution in [3.8, 4) is 46.0 Å². The highest BCUT2D eigenvalue weighted by molar-refractivity contribution is 5.67. The van der Waals surface area contributed by atoms with Crippen molar-refractivity contribution in [3.63, 3.8) is 0 Å². The van der Waals surface area contributed by atoms with Gasteiger partial charge in [-0.05, 0) is 46.5 Å². The zero-order valence-corrected chi connectivity index (χ0v) is 35.9. The predicted octanol–water partition coefficient (Wildman–Crippen LogP) is 11.6. The van der Waals surface area contributed by atoms with Gasteiger partial charge in [0.1, 0.15) is 46.0 Å². The van der Waals surface area contributed by atoms with Crippen molar-refractivity contribution in [3.05, 3.63) is 237 Å². The molecule has 64 heavy (non-hydrogen) atoms. The Labute approximate surface area is 372 Å². The molecular weight excluding hydrogens is 801 g/mol. The number of hydrogen-bond acceptors (Lipinski definition) is 8. The maximum atomic E-state index is 12.3. The molecule has 8 nitrogen and oxygen atoms in total. The van der Waals surface area contributed by atoms with Gasteiger partial charge in [0.05, 0.1) is 28.4 Å². The molecule has 4 N–H and O–H groups in total. The average molecular weight is 849 g/mol. The number of aromatic hydroxyl groups is 4. The number of fused-ring (bicyclic) bond motifs is 8. The zero-order chi connectivity index (χ0) is 44.5. The van der Waals surface area contributed by atoms with Crippen molar-refractivity contribution in [2.45, 2.75) is 23.7 Å². The summed E-state index contributed by atoms with van der Waals surface area (Å²) >= 11 is 0. The lowest BCUT2D eigenvalue weighted by molar-refractivity contribution is 0.394. The van der Waals surface area contributed by atoms with Crippen molar-refractivity contribution < 1.29 is 39.4 Å². The van der Waals surface area contributed by atoms with Gasteiger partial charge in [-0.2, -0.15) is 0 Å². The first-order chi connectivity index (χ1) is 31.2. The van der Waals surface area contributed by atoms with Crippen molar-refractivity contribution >= 4 is 0 Å². The van der Waals surface area contributed by atoms with Gasteiger partial charge in [0.15, 0.2) is 0 Å². The Kier molecular flexibility index (Phi) is 11.3. The van der Waals surface area contributed by atoms with Crippen molar-refractivity contribution in [2.24, 2.45) is 0 Å². The van der Waals surface area contributed by atoms with Crippen LogP contribution in [-0.2, 0) is 0 Å². The van der Waals surface area contributed by atoms with Gasteiger partial charge in [-0.15, -0.1) is 0 Å². The monoisotopic (exact) mass is 848 g/mol. The zero-order valence-electron chi connectivity index (χ0n) is 35.9. The molecule has 4 unspecified atom stereocenters. The Hall–Kier alpha value is -7.84. The molecule has 0 saturated carbocycles. The van der Waals surface area contributed by atoms with Gasteiger partial charge in [-0.3, -0.25) is 0 Å². The normalized spacial score (nSPS) is 16.7. The third-order valence-electron chi connectivity index (χ3n) is 12.5. The third-order valence-corrected chi connectivity index (χ3v) is 12.5. The van der Waals surface area contributed by atoms with Crippen LogP contribution in [0.3, 0.4) is 0 Å². The van der Waals surface area contributed by atoms with Crippen LogP contribution in [-0.4, -0.2) is 48.9 Å². The van der Waals surface area contributed by atoms with E-state index in [0.717, 1.165) is 22.3 Å². The molecular formula is C56H48O8. The molecule has 0 radical (unpaired) electrons. The van der Waals surface area contributed by atoms with E-state index in [1.165, 1.54) is 0 Å². The van der Waals surface area contributed by atoms with Gasteiger partial charge in [-0.25, -0.2) is 0 Å². The summed E-state index contributed by atoms with van der Waals surface area (Å²) in [5.41, 5.74) is 8.26. The molecule has 0 amide bonds. The van der Waals surface area contributed by atoms with Crippen molar-refractivity contribution in [1.29, 1.82) is 0 Å². The number of hydrogen-bond donors (Lipinski definition) is 4. The Morgan fingerprint density at radius 2 is 0.453 bits per heavy atom. The lowest BCUT2D eigenvalue weighted by atomic mass is 9.75. The summed E-state index contributed by atoms with van der Waals surface area (Å²) in [7, 11) is 6.26. The van der Waals surface area contributed by atoms with Crippen LogP contribution in [0.15, 0.2) is 170 Å². The minimum Gasteiger partial charge on any atom is -0.507 e. The maximum absolute atomic E-state index is 12.3. The highest BCUT2D eigenvalue weighted by atomic mass is 16.5. The van der Waals surface area contributed by atoms with E-state index in [0.29, 0.717) is 67.5 Å². The molecule has 0 heterocycles. The first kappa shape index (κ1) is 41.5. The molecule has 8 aromatic carbocycles. The van der Waals surface area contributed by atoms with Crippen LogP contribution in [0.5, 0.6) is 46.0 Å². The van der Waals surface area contributed by atoms with Gasteiger partial charge in [0.2, 0.25) is 0 Å². The second-order valence-corrected chi connectivity index (χ2v) is 16.0. The molecule has 1 aliphatic rings. The van der Waals surface area contributed by atoms with Gasteiger partial charge >= 0.3 is 0 Å². The summed E-state index contributed by atoms with van der Waals surface area (Å²) in [6.07, 6.45) is 0. The Bertz CT molecular complexity index is 2530. The van der Waals surface area contributed by atoms with Gasteiger partial charge in [0, 0.05) is 92.4 Å². The number of ether oxygens (including phenoxy) is 4. The van der Waals surface area contributed by atoms with Gasteiger partial charge < -0.3 is 39.4 Å². The molecule has 0 aromatic heterocycles. The van der Waals surface area contributed by atoms with Crippen LogP contribution in [0.2, 0.25) is 0 Å². The number of phenolic OH excluding ortho intramolecular Hbond substituents is 4. The standard InChI is InChI=1S/C56H48O8/c1-61-49-29-45(57)37-25-41(49)53(33-17-9-5-10-18-33)38-26-42(50(62-2)30-46(38)58)55(35-21-13-7-14-22-35)40-28-44(52(64-4)32-48(40)60)56(36-23-15-8-16-24-36)39-27-43(51(63-3)31-47(39)59)54(37)34-19-11-6-12-20-34/h5-32,53-60H,1-4H3. The van der Waals surface area contributed by atoms with E-state index >= 15 is 0 Å². The number of phenols is 4. The van der Waals surface area contributed by atoms with E-state index in [9.17, 15) is 20.4 Å². The maximum Gasteiger partial charge on any atom is 0.126 e. The summed E-state index contributed by atoms with van der Waals surface area (Å²) in [5, 5.41) is 49.1. The topological polar surface area (TPSA) is 118 Å². The Morgan fingerprint density at radius 1 is 0.266 bits per heavy atom. The van der Waals surface area contributed by atoms with E-state index in [-0.39, 0.29) is 23.0 Å². The SMILES string of the molecule is COc1cc(O)c2cc1C(c1ccccc1)c1cc(c(OC)cc1O)C(c1ccccc1)c1cc(c(OC)cc1O)C(c1ccccc1)c1cc(c(OC)cc1O)C2c1ccccc1. The molecule has 0 spiro atoms. The van der Waals surface area contributed by atoms with E-state index in [4.69, 9.17) is 18.9 Å². The van der Waals surface area contributed by atoms with Gasteiger partial charge in [0.25, 0.3) is 0 Å². The lowest BCUT2D eigenvalue weighted by Crippen LogP contribution is -2.14. The average Bonchev–Trinajstić information content (AvgIpc) is 3.33.